The Kier molecular flexibility index (Phi) is 7.12. The largest absolute Gasteiger partial charge is 0.482 e. The molecule has 7 nitrogen and oxygen atoms in total. The molecule has 0 spiro atoms. The van der Waals surface area contributed by atoms with Gasteiger partial charge in [0.2, 0.25) is 0 Å². The lowest BCUT2D eigenvalue weighted by molar-refractivity contribution is -0.137. The van der Waals surface area contributed by atoms with Crippen LogP contribution in [0.4, 0.5) is 14.9 Å². The van der Waals surface area contributed by atoms with Gasteiger partial charge < -0.3 is 25.5 Å². The molecule has 2 aromatic rings. The number of urea groups is 1. The number of likely N-dealkylation sites (tertiary alicyclic amines) is 1. The summed E-state index contributed by atoms with van der Waals surface area (Å²) in [6.07, 6.45) is 2.47. The maximum absolute atomic E-state index is 13.1. The van der Waals surface area contributed by atoms with Crippen LogP contribution in [0, 0.1) is 11.2 Å². The second-order valence-corrected chi connectivity index (χ2v) is 8.02. The molecule has 0 aliphatic carbocycles. The van der Waals surface area contributed by atoms with Gasteiger partial charge in [0, 0.05) is 23.5 Å². The van der Waals surface area contributed by atoms with Gasteiger partial charge in [0.05, 0.1) is 5.69 Å². The van der Waals surface area contributed by atoms with Crippen molar-refractivity contribution in [3.63, 3.8) is 0 Å². The average molecular weight is 448 g/mol. The van der Waals surface area contributed by atoms with Gasteiger partial charge in [-0.25, -0.2) is 9.18 Å². The topological polar surface area (TPSA) is 102 Å². The predicted molar refractivity (Wildman–Crippen MR) is 115 cm³/mol. The van der Waals surface area contributed by atoms with Crippen LogP contribution in [0.15, 0.2) is 42.5 Å². The number of benzene rings is 2. The number of piperidine rings is 1. The summed E-state index contributed by atoms with van der Waals surface area (Å²) in [5.41, 5.74) is 5.72. The number of amides is 3. The number of hydrogen-bond acceptors (Lipinski definition) is 4. The maximum Gasteiger partial charge on any atom is 0.316 e. The number of ether oxygens (including phenoxy) is 1. The number of carbonyl (C=O) groups excluding carboxylic acids is 3. The van der Waals surface area contributed by atoms with E-state index >= 15 is 0 Å². The Balaban J connectivity index is 1.57. The van der Waals surface area contributed by atoms with E-state index in [1.165, 1.54) is 24.3 Å². The molecule has 1 aliphatic rings. The molecule has 0 saturated carbocycles. The number of rotatable bonds is 7. The van der Waals surface area contributed by atoms with Crippen LogP contribution in [0.2, 0.25) is 5.02 Å². The fourth-order valence-electron chi connectivity index (χ4n) is 3.64. The van der Waals surface area contributed by atoms with Crippen molar-refractivity contribution in [2.24, 2.45) is 11.1 Å². The SMILES string of the molecule is NC(=O)Nc1cc(Cl)ccc1OCC(=O)N1CCC(C=O)(Cc2ccc(F)cc2)CC1. The number of nitrogens with one attached hydrogen (secondary N) is 1. The van der Waals surface area contributed by atoms with Crippen molar-refractivity contribution < 1.29 is 23.5 Å². The highest BCUT2D eigenvalue weighted by molar-refractivity contribution is 6.31. The number of primary amides is 1. The molecule has 0 radical (unpaired) electrons. The summed E-state index contributed by atoms with van der Waals surface area (Å²) in [6.45, 7) is 0.589. The Labute approximate surface area is 184 Å². The summed E-state index contributed by atoms with van der Waals surface area (Å²) in [5, 5.41) is 2.78. The minimum Gasteiger partial charge on any atom is -0.482 e. The van der Waals surface area contributed by atoms with Crippen molar-refractivity contribution in [1.82, 2.24) is 4.90 Å². The third-order valence-electron chi connectivity index (χ3n) is 5.38. The van der Waals surface area contributed by atoms with Gasteiger partial charge in [-0.3, -0.25) is 4.79 Å². The van der Waals surface area contributed by atoms with Crippen molar-refractivity contribution in [3.8, 4) is 5.75 Å². The molecule has 1 saturated heterocycles. The zero-order valence-corrected chi connectivity index (χ0v) is 17.5. The lowest BCUT2D eigenvalue weighted by Gasteiger charge is -2.38. The van der Waals surface area contributed by atoms with Gasteiger partial charge in [-0.2, -0.15) is 0 Å². The molecule has 164 valence electrons. The average Bonchev–Trinajstić information content (AvgIpc) is 2.75. The molecule has 1 aliphatic heterocycles. The third-order valence-corrected chi connectivity index (χ3v) is 5.62. The summed E-state index contributed by atoms with van der Waals surface area (Å²) in [5.74, 6) is -0.285. The molecule has 3 amide bonds. The smallest absolute Gasteiger partial charge is 0.316 e. The molecule has 1 fully saturated rings. The Morgan fingerprint density at radius 1 is 1.19 bits per heavy atom. The summed E-state index contributed by atoms with van der Waals surface area (Å²) in [4.78, 5) is 37.2. The van der Waals surface area contributed by atoms with Gasteiger partial charge >= 0.3 is 6.03 Å². The van der Waals surface area contributed by atoms with Crippen LogP contribution >= 0.6 is 11.6 Å². The minimum atomic E-state index is -0.777. The first-order valence-corrected chi connectivity index (χ1v) is 10.2. The van der Waals surface area contributed by atoms with Crippen LogP contribution in [0.5, 0.6) is 5.75 Å². The molecule has 2 aromatic carbocycles. The summed E-state index contributed by atoms with van der Waals surface area (Å²) >= 11 is 5.92. The quantitative estimate of drug-likeness (QED) is 0.635. The molecule has 31 heavy (non-hydrogen) atoms. The first kappa shape index (κ1) is 22.6. The van der Waals surface area contributed by atoms with E-state index in [1.54, 1.807) is 23.1 Å². The zero-order valence-electron chi connectivity index (χ0n) is 16.8. The van der Waals surface area contributed by atoms with Gasteiger partial charge in [0.25, 0.3) is 5.91 Å². The van der Waals surface area contributed by atoms with E-state index in [2.05, 4.69) is 5.32 Å². The molecular formula is C22H23ClFN3O4. The first-order valence-electron chi connectivity index (χ1n) is 9.78. The summed E-state index contributed by atoms with van der Waals surface area (Å²) in [6, 6.07) is 9.91. The van der Waals surface area contributed by atoms with Gasteiger partial charge in [0.1, 0.15) is 17.9 Å². The standard InChI is InChI=1S/C22H23ClFN3O4/c23-16-3-6-19(18(11-16)26-21(25)30)31-13-20(29)27-9-7-22(14-28,8-10-27)12-15-1-4-17(24)5-2-15/h1-6,11,14H,7-10,12-13H2,(H3,25,26,30). The molecule has 0 bridgehead atoms. The Morgan fingerprint density at radius 3 is 2.48 bits per heavy atom. The number of nitrogens with two attached hydrogens (primary N) is 1. The lowest BCUT2D eigenvalue weighted by atomic mass is 9.75. The number of aldehydes is 1. The van der Waals surface area contributed by atoms with Crippen molar-refractivity contribution in [2.75, 3.05) is 25.0 Å². The molecule has 3 rings (SSSR count). The van der Waals surface area contributed by atoms with Crippen LogP contribution in [-0.2, 0) is 16.0 Å². The van der Waals surface area contributed by atoms with Gasteiger partial charge in [-0.1, -0.05) is 23.7 Å². The number of anilines is 1. The molecule has 0 unspecified atom stereocenters. The minimum absolute atomic E-state index is 0.235. The van der Waals surface area contributed by atoms with Crippen LogP contribution in [0.3, 0.4) is 0 Å². The predicted octanol–water partition coefficient (Wildman–Crippen LogP) is 3.40. The first-order chi connectivity index (χ1) is 14.8. The van der Waals surface area contributed by atoms with E-state index in [1.807, 2.05) is 0 Å². The number of nitrogens with zero attached hydrogens (tertiary/aromatic N) is 1. The van der Waals surface area contributed by atoms with Crippen molar-refractivity contribution in [2.45, 2.75) is 19.3 Å². The molecule has 9 heteroatoms. The normalized spacial score (nSPS) is 15.2. The lowest BCUT2D eigenvalue weighted by Crippen LogP contribution is -2.46. The number of halogens is 2. The van der Waals surface area contributed by atoms with Crippen molar-refractivity contribution in [3.05, 3.63) is 58.9 Å². The van der Waals surface area contributed by atoms with E-state index in [0.29, 0.717) is 37.4 Å². The van der Waals surface area contributed by atoms with E-state index in [9.17, 15) is 18.8 Å². The highest BCUT2D eigenvalue weighted by Gasteiger charge is 2.36. The molecule has 1 heterocycles. The van der Waals surface area contributed by atoms with Crippen LogP contribution in [0.1, 0.15) is 18.4 Å². The van der Waals surface area contributed by atoms with Gasteiger partial charge in [0.15, 0.2) is 6.61 Å². The summed E-state index contributed by atoms with van der Waals surface area (Å²) in [7, 11) is 0. The number of hydrogen-bond donors (Lipinski definition) is 2. The van der Waals surface area contributed by atoms with E-state index in [0.717, 1.165) is 11.8 Å². The van der Waals surface area contributed by atoms with Crippen LogP contribution in [-0.4, -0.2) is 42.8 Å². The van der Waals surface area contributed by atoms with E-state index in [-0.39, 0.29) is 29.8 Å². The molecule has 0 aromatic heterocycles. The zero-order chi connectivity index (χ0) is 22.4. The van der Waals surface area contributed by atoms with E-state index in [4.69, 9.17) is 22.1 Å². The fraction of sp³-hybridized carbons (Fsp3) is 0.318. The highest BCUT2D eigenvalue weighted by atomic mass is 35.5. The van der Waals surface area contributed by atoms with Crippen molar-refractivity contribution >= 4 is 35.5 Å². The fourth-order valence-corrected chi connectivity index (χ4v) is 3.81. The molecule has 0 atom stereocenters. The second-order valence-electron chi connectivity index (χ2n) is 7.58. The van der Waals surface area contributed by atoms with Gasteiger partial charge in [-0.15, -0.1) is 0 Å². The Morgan fingerprint density at radius 2 is 1.87 bits per heavy atom. The second kappa shape index (κ2) is 9.78. The molecular weight excluding hydrogens is 425 g/mol. The number of carbonyl (C=O) groups is 3. The summed E-state index contributed by atoms with van der Waals surface area (Å²) < 4.78 is 18.7. The molecule has 3 N–H and O–H groups in total. The Hall–Kier alpha value is -3.13. The highest BCUT2D eigenvalue weighted by Crippen LogP contribution is 2.33. The van der Waals surface area contributed by atoms with E-state index < -0.39 is 11.4 Å². The van der Waals surface area contributed by atoms with Crippen LogP contribution < -0.4 is 15.8 Å². The monoisotopic (exact) mass is 447 g/mol. The maximum atomic E-state index is 13.1. The Bertz CT molecular complexity index is 960. The third kappa shape index (κ3) is 5.95. The van der Waals surface area contributed by atoms with Gasteiger partial charge in [-0.05, 0) is 55.2 Å². The van der Waals surface area contributed by atoms with Crippen LogP contribution in [0.25, 0.3) is 0 Å². The van der Waals surface area contributed by atoms with Crippen molar-refractivity contribution in [1.29, 1.82) is 0 Å².